The van der Waals surface area contributed by atoms with Crippen molar-refractivity contribution < 1.29 is 45.8 Å². The van der Waals surface area contributed by atoms with E-state index in [9.17, 15) is 41.0 Å². The number of aryl methyl sites for hydroxylation is 1. The van der Waals surface area contributed by atoms with Gasteiger partial charge in [-0.25, -0.2) is 0 Å². The Bertz CT molecular complexity index is 1460. The summed E-state index contributed by atoms with van der Waals surface area (Å²) < 4.78 is 85.6. The standard InChI is InChI=1S/C32H32F6N2O4S/c1-20-4-10-26(11-5-20)45-30(29(43)39-12-3-13-44-2)17-27(42)40(28(30)23-8-6-21(19-41)7-9-23)18-22-14-24(31(33,34)35)16-25(15-22)32(36,37)38/h4-11,14-16,28,41H,3,12-13,17-19H2,1-2H3,(H,39,43)/t28-,30-/m1/s1. The third-order valence-electron chi connectivity index (χ3n) is 7.48. The second-order valence-electron chi connectivity index (χ2n) is 10.8. The summed E-state index contributed by atoms with van der Waals surface area (Å²) >= 11 is 1.11. The van der Waals surface area contributed by atoms with Crippen LogP contribution in [0.25, 0.3) is 0 Å². The van der Waals surface area contributed by atoms with Crippen LogP contribution in [0.1, 0.15) is 52.3 Å². The first kappa shape index (κ1) is 34.3. The van der Waals surface area contributed by atoms with Gasteiger partial charge in [0, 0.05) is 31.7 Å². The van der Waals surface area contributed by atoms with Gasteiger partial charge in [0.25, 0.3) is 0 Å². The molecule has 0 radical (unpaired) electrons. The van der Waals surface area contributed by atoms with Gasteiger partial charge in [-0.15, -0.1) is 11.8 Å². The Morgan fingerprint density at radius 1 is 0.978 bits per heavy atom. The normalized spacial score (nSPS) is 18.8. The monoisotopic (exact) mass is 654 g/mol. The molecule has 0 aliphatic carbocycles. The van der Waals surface area contributed by atoms with Gasteiger partial charge in [-0.2, -0.15) is 26.3 Å². The predicted octanol–water partition coefficient (Wildman–Crippen LogP) is 6.68. The number of nitrogens with zero attached hydrogens (tertiary/aromatic N) is 1. The maximum atomic E-state index is 14.1. The lowest BCUT2D eigenvalue weighted by Crippen LogP contribution is -2.48. The van der Waals surface area contributed by atoms with Crippen LogP contribution in [0.15, 0.2) is 71.6 Å². The average Bonchev–Trinajstić information content (AvgIpc) is 3.26. The molecule has 0 bridgehead atoms. The number of ether oxygens (including phenoxy) is 1. The molecule has 242 valence electrons. The van der Waals surface area contributed by atoms with Gasteiger partial charge in [0.1, 0.15) is 4.75 Å². The number of thioether (sulfide) groups is 1. The van der Waals surface area contributed by atoms with Crippen LogP contribution in [0.2, 0.25) is 0 Å². The number of aliphatic hydroxyl groups is 1. The molecule has 2 atom stereocenters. The molecule has 1 saturated heterocycles. The van der Waals surface area contributed by atoms with Gasteiger partial charge < -0.3 is 20.1 Å². The maximum absolute atomic E-state index is 14.1. The van der Waals surface area contributed by atoms with Crippen molar-refractivity contribution in [2.75, 3.05) is 20.3 Å². The highest BCUT2D eigenvalue weighted by Crippen LogP contribution is 2.53. The lowest BCUT2D eigenvalue weighted by molar-refractivity contribution is -0.143. The van der Waals surface area contributed by atoms with Crippen LogP contribution in [-0.4, -0.2) is 46.8 Å². The molecule has 0 unspecified atom stereocenters. The molecule has 0 spiro atoms. The van der Waals surface area contributed by atoms with E-state index in [4.69, 9.17) is 4.74 Å². The summed E-state index contributed by atoms with van der Waals surface area (Å²) in [7, 11) is 1.51. The van der Waals surface area contributed by atoms with Crippen molar-refractivity contribution in [3.63, 3.8) is 0 Å². The highest BCUT2D eigenvalue weighted by molar-refractivity contribution is 8.01. The molecule has 1 heterocycles. The van der Waals surface area contributed by atoms with Crippen molar-refractivity contribution in [3.05, 3.63) is 100 Å². The summed E-state index contributed by atoms with van der Waals surface area (Å²) in [4.78, 5) is 29.8. The number of halogens is 6. The Kier molecular flexibility index (Phi) is 10.6. The van der Waals surface area contributed by atoms with E-state index >= 15 is 0 Å². The molecule has 2 amide bonds. The first-order valence-corrected chi connectivity index (χ1v) is 14.8. The molecule has 1 fully saturated rings. The minimum absolute atomic E-state index is 0.0331. The fraction of sp³-hybridized carbons (Fsp3) is 0.375. The average molecular weight is 655 g/mol. The number of hydrogen-bond acceptors (Lipinski definition) is 5. The molecule has 1 aliphatic heterocycles. The number of carbonyl (C=O) groups excluding carboxylic acids is 2. The SMILES string of the molecule is COCCCNC(=O)[C@@]1(Sc2ccc(C)cc2)CC(=O)N(Cc2cc(C(F)(F)F)cc(C(F)(F)F)c2)[C@@H]1c1ccc(CO)cc1. The topological polar surface area (TPSA) is 78.9 Å². The summed E-state index contributed by atoms with van der Waals surface area (Å²) in [6.07, 6.45) is -10.1. The number of carbonyl (C=O) groups is 2. The zero-order valence-corrected chi connectivity index (χ0v) is 25.3. The molecule has 2 N–H and O–H groups in total. The van der Waals surface area contributed by atoms with Crippen molar-refractivity contribution in [3.8, 4) is 0 Å². The summed E-state index contributed by atoms with van der Waals surface area (Å²) in [6, 6.07) is 13.7. The van der Waals surface area contributed by atoms with Crippen LogP contribution < -0.4 is 5.32 Å². The Morgan fingerprint density at radius 3 is 2.11 bits per heavy atom. The van der Waals surface area contributed by atoms with E-state index in [0.717, 1.165) is 17.3 Å². The van der Waals surface area contributed by atoms with E-state index in [1.807, 2.05) is 19.1 Å². The number of likely N-dealkylation sites (tertiary alicyclic amines) is 1. The third-order valence-corrected chi connectivity index (χ3v) is 8.91. The zero-order valence-electron chi connectivity index (χ0n) is 24.5. The molecule has 13 heteroatoms. The van der Waals surface area contributed by atoms with Gasteiger partial charge in [-0.3, -0.25) is 9.59 Å². The third kappa shape index (κ3) is 8.00. The lowest BCUT2D eigenvalue weighted by Gasteiger charge is -2.37. The molecule has 45 heavy (non-hydrogen) atoms. The van der Waals surface area contributed by atoms with Crippen LogP contribution in [0.4, 0.5) is 26.3 Å². The fourth-order valence-electron chi connectivity index (χ4n) is 5.29. The van der Waals surface area contributed by atoms with Crippen LogP contribution in [0.5, 0.6) is 0 Å². The molecule has 0 aromatic heterocycles. The zero-order chi connectivity index (χ0) is 33.0. The summed E-state index contributed by atoms with van der Waals surface area (Å²) in [5, 5.41) is 12.4. The highest BCUT2D eigenvalue weighted by atomic mass is 32.2. The van der Waals surface area contributed by atoms with Gasteiger partial charge in [0.05, 0.1) is 30.2 Å². The second kappa shape index (κ2) is 13.8. The van der Waals surface area contributed by atoms with E-state index in [0.29, 0.717) is 41.2 Å². The molecular weight excluding hydrogens is 622 g/mol. The van der Waals surface area contributed by atoms with Crippen molar-refractivity contribution in [1.29, 1.82) is 0 Å². The molecule has 0 saturated carbocycles. The van der Waals surface area contributed by atoms with E-state index in [1.165, 1.54) is 12.0 Å². The molecular formula is C32H32F6N2O4S. The first-order chi connectivity index (χ1) is 21.2. The molecule has 4 rings (SSSR count). The van der Waals surface area contributed by atoms with Gasteiger partial charge in [-0.05, 0) is 60.4 Å². The number of amides is 2. The maximum Gasteiger partial charge on any atom is 0.416 e. The van der Waals surface area contributed by atoms with Crippen molar-refractivity contribution in [1.82, 2.24) is 10.2 Å². The number of alkyl halides is 6. The molecule has 3 aromatic carbocycles. The highest BCUT2D eigenvalue weighted by Gasteiger charge is 2.58. The van der Waals surface area contributed by atoms with E-state index < -0.39 is 52.6 Å². The molecule has 1 aliphatic rings. The minimum atomic E-state index is -5.07. The van der Waals surface area contributed by atoms with E-state index in [2.05, 4.69) is 5.32 Å². The number of nitrogens with one attached hydrogen (secondary N) is 1. The summed E-state index contributed by atoms with van der Waals surface area (Å²) in [6.45, 7) is 1.53. The molecule has 6 nitrogen and oxygen atoms in total. The van der Waals surface area contributed by atoms with Crippen LogP contribution in [0, 0.1) is 6.92 Å². The fourth-order valence-corrected chi connectivity index (χ4v) is 6.72. The Morgan fingerprint density at radius 2 is 1.58 bits per heavy atom. The Labute approximate surface area is 260 Å². The number of rotatable bonds is 11. The Hall–Kier alpha value is -3.55. The van der Waals surface area contributed by atoms with Gasteiger partial charge in [0.15, 0.2) is 0 Å². The quantitative estimate of drug-likeness (QED) is 0.178. The van der Waals surface area contributed by atoms with E-state index in [1.54, 1.807) is 36.4 Å². The Balaban J connectivity index is 1.86. The van der Waals surface area contributed by atoms with Crippen LogP contribution >= 0.6 is 11.8 Å². The van der Waals surface area contributed by atoms with Crippen LogP contribution in [-0.2, 0) is 39.8 Å². The van der Waals surface area contributed by atoms with Crippen molar-refractivity contribution in [2.24, 2.45) is 0 Å². The number of hydrogen-bond donors (Lipinski definition) is 2. The summed E-state index contributed by atoms with van der Waals surface area (Å²) in [5.74, 6) is -1.14. The largest absolute Gasteiger partial charge is 0.416 e. The second-order valence-corrected chi connectivity index (χ2v) is 12.2. The van der Waals surface area contributed by atoms with Crippen LogP contribution in [0.3, 0.4) is 0 Å². The number of benzene rings is 3. The molecule has 3 aromatic rings. The van der Waals surface area contributed by atoms with Gasteiger partial charge >= 0.3 is 12.4 Å². The van der Waals surface area contributed by atoms with E-state index in [-0.39, 0.29) is 31.2 Å². The minimum Gasteiger partial charge on any atom is -0.392 e. The lowest BCUT2D eigenvalue weighted by atomic mass is 9.90. The smallest absolute Gasteiger partial charge is 0.392 e. The van der Waals surface area contributed by atoms with Crippen molar-refractivity contribution in [2.45, 2.75) is 61.0 Å². The van der Waals surface area contributed by atoms with Gasteiger partial charge in [-0.1, -0.05) is 42.0 Å². The first-order valence-electron chi connectivity index (χ1n) is 14.0. The van der Waals surface area contributed by atoms with Crippen molar-refractivity contribution >= 4 is 23.6 Å². The predicted molar refractivity (Wildman–Crippen MR) is 156 cm³/mol. The number of methoxy groups -OCH3 is 1. The summed E-state index contributed by atoms with van der Waals surface area (Å²) in [5.41, 5.74) is -1.49. The van der Waals surface area contributed by atoms with Gasteiger partial charge in [0.2, 0.25) is 11.8 Å². The number of aliphatic hydroxyl groups excluding tert-OH is 1.